The second-order valence-electron chi connectivity index (χ2n) is 3.86. The maximum absolute atomic E-state index is 11.5. The second-order valence-corrected chi connectivity index (χ2v) is 3.86. The SMILES string of the molecule is O=C(CC1CC1)N1CCC1CO. The standard InChI is InChI=1S/C9H15NO2/c11-6-8-3-4-10(8)9(12)5-7-1-2-7/h7-8,11H,1-6H2. The zero-order valence-corrected chi connectivity index (χ0v) is 7.20. The summed E-state index contributed by atoms with van der Waals surface area (Å²) in [6.45, 7) is 0.993. The van der Waals surface area contributed by atoms with E-state index in [0.29, 0.717) is 5.92 Å². The lowest BCUT2D eigenvalue weighted by Crippen LogP contribution is -2.52. The highest BCUT2D eigenvalue weighted by Gasteiger charge is 2.34. The first-order valence-electron chi connectivity index (χ1n) is 4.71. The smallest absolute Gasteiger partial charge is 0.223 e. The highest BCUT2D eigenvalue weighted by Crippen LogP contribution is 2.34. The molecular weight excluding hydrogens is 154 g/mol. The molecule has 2 fully saturated rings. The molecule has 1 saturated heterocycles. The number of hydrogen-bond donors (Lipinski definition) is 1. The minimum Gasteiger partial charge on any atom is -0.394 e. The van der Waals surface area contributed by atoms with Gasteiger partial charge < -0.3 is 10.0 Å². The van der Waals surface area contributed by atoms with Gasteiger partial charge in [-0.2, -0.15) is 0 Å². The molecule has 0 spiro atoms. The molecular formula is C9H15NO2. The van der Waals surface area contributed by atoms with Crippen molar-refractivity contribution in [2.45, 2.75) is 31.7 Å². The van der Waals surface area contributed by atoms with Gasteiger partial charge in [-0.3, -0.25) is 4.79 Å². The molecule has 1 unspecified atom stereocenters. The highest BCUT2D eigenvalue weighted by molar-refractivity contribution is 5.77. The fourth-order valence-corrected chi connectivity index (χ4v) is 1.65. The molecule has 0 radical (unpaired) electrons. The molecule has 68 valence electrons. The molecule has 1 atom stereocenters. The summed E-state index contributed by atoms with van der Waals surface area (Å²) in [7, 11) is 0. The fourth-order valence-electron chi connectivity index (χ4n) is 1.65. The van der Waals surface area contributed by atoms with Gasteiger partial charge in [0.1, 0.15) is 0 Å². The van der Waals surface area contributed by atoms with Crippen LogP contribution in [0.4, 0.5) is 0 Å². The first kappa shape index (κ1) is 8.05. The van der Waals surface area contributed by atoms with Crippen molar-refractivity contribution in [1.82, 2.24) is 4.90 Å². The van der Waals surface area contributed by atoms with Crippen LogP contribution in [0, 0.1) is 5.92 Å². The van der Waals surface area contributed by atoms with E-state index in [2.05, 4.69) is 0 Å². The van der Waals surface area contributed by atoms with Gasteiger partial charge >= 0.3 is 0 Å². The minimum absolute atomic E-state index is 0.135. The maximum atomic E-state index is 11.5. The van der Waals surface area contributed by atoms with Crippen LogP contribution >= 0.6 is 0 Å². The Kier molecular flexibility index (Phi) is 2.05. The molecule has 1 aliphatic carbocycles. The van der Waals surface area contributed by atoms with E-state index in [-0.39, 0.29) is 18.6 Å². The lowest BCUT2D eigenvalue weighted by atomic mass is 10.0. The van der Waals surface area contributed by atoms with Crippen LogP contribution in [0.25, 0.3) is 0 Å². The van der Waals surface area contributed by atoms with E-state index < -0.39 is 0 Å². The van der Waals surface area contributed by atoms with E-state index in [1.807, 2.05) is 4.90 Å². The van der Waals surface area contributed by atoms with Gasteiger partial charge in [0.15, 0.2) is 0 Å². The molecule has 0 aromatic carbocycles. The summed E-state index contributed by atoms with van der Waals surface area (Å²) in [5.74, 6) is 0.917. The van der Waals surface area contributed by atoms with Gasteiger partial charge in [0, 0.05) is 13.0 Å². The molecule has 1 saturated carbocycles. The number of hydrogen-bond acceptors (Lipinski definition) is 2. The van der Waals surface area contributed by atoms with Crippen molar-refractivity contribution in [2.24, 2.45) is 5.92 Å². The molecule has 12 heavy (non-hydrogen) atoms. The number of nitrogens with zero attached hydrogens (tertiary/aromatic N) is 1. The first-order chi connectivity index (χ1) is 5.81. The lowest BCUT2D eigenvalue weighted by Gasteiger charge is -2.40. The third kappa shape index (κ3) is 1.46. The predicted molar refractivity (Wildman–Crippen MR) is 44.5 cm³/mol. The molecule has 1 aliphatic heterocycles. The van der Waals surface area contributed by atoms with E-state index in [4.69, 9.17) is 5.11 Å². The Bertz CT molecular complexity index is 187. The van der Waals surface area contributed by atoms with Crippen molar-refractivity contribution in [1.29, 1.82) is 0 Å². The van der Waals surface area contributed by atoms with Crippen molar-refractivity contribution in [3.8, 4) is 0 Å². The minimum atomic E-state index is 0.135. The van der Waals surface area contributed by atoms with Crippen LogP contribution < -0.4 is 0 Å². The van der Waals surface area contributed by atoms with Crippen molar-refractivity contribution >= 4 is 5.91 Å². The molecule has 1 heterocycles. The van der Waals surface area contributed by atoms with Gasteiger partial charge in [-0.05, 0) is 25.2 Å². The van der Waals surface area contributed by atoms with Crippen molar-refractivity contribution in [3.05, 3.63) is 0 Å². The molecule has 1 N–H and O–H groups in total. The Morgan fingerprint density at radius 3 is 2.58 bits per heavy atom. The normalized spacial score (nSPS) is 28.4. The van der Waals surface area contributed by atoms with Gasteiger partial charge in [0.05, 0.1) is 12.6 Å². The summed E-state index contributed by atoms with van der Waals surface area (Å²) in [6, 6.07) is 0.135. The Hall–Kier alpha value is -0.570. The quantitative estimate of drug-likeness (QED) is 0.663. The van der Waals surface area contributed by atoms with Crippen LogP contribution in [0.2, 0.25) is 0 Å². The summed E-state index contributed by atoms with van der Waals surface area (Å²) in [5.41, 5.74) is 0. The zero-order chi connectivity index (χ0) is 8.55. The monoisotopic (exact) mass is 169 g/mol. The Morgan fingerprint density at radius 1 is 1.42 bits per heavy atom. The second kappa shape index (κ2) is 3.05. The van der Waals surface area contributed by atoms with E-state index in [9.17, 15) is 4.79 Å². The topological polar surface area (TPSA) is 40.5 Å². The van der Waals surface area contributed by atoms with Crippen LogP contribution in [0.3, 0.4) is 0 Å². The van der Waals surface area contributed by atoms with Crippen LogP contribution in [0.15, 0.2) is 0 Å². The Morgan fingerprint density at radius 2 is 2.17 bits per heavy atom. The van der Waals surface area contributed by atoms with Gasteiger partial charge in [-0.15, -0.1) is 0 Å². The molecule has 0 bridgehead atoms. The van der Waals surface area contributed by atoms with Crippen LogP contribution in [0.5, 0.6) is 0 Å². The van der Waals surface area contributed by atoms with E-state index >= 15 is 0 Å². The summed E-state index contributed by atoms with van der Waals surface area (Å²) in [4.78, 5) is 13.3. The lowest BCUT2D eigenvalue weighted by molar-refractivity contribution is -0.140. The van der Waals surface area contributed by atoms with Crippen LogP contribution in [0.1, 0.15) is 25.7 Å². The number of aliphatic hydroxyl groups excluding tert-OH is 1. The molecule has 2 aliphatic rings. The van der Waals surface area contributed by atoms with Gasteiger partial charge in [0.25, 0.3) is 0 Å². The maximum Gasteiger partial charge on any atom is 0.223 e. The molecule has 1 amide bonds. The molecule has 3 heteroatoms. The Labute approximate surface area is 72.4 Å². The molecule has 0 aromatic rings. The summed E-state index contributed by atoms with van der Waals surface area (Å²) in [6.07, 6.45) is 4.15. The van der Waals surface area contributed by atoms with Gasteiger partial charge in [-0.25, -0.2) is 0 Å². The average Bonchev–Trinajstić information content (AvgIpc) is 2.69. The number of carbonyl (C=O) groups is 1. The predicted octanol–water partition coefficient (Wildman–Crippen LogP) is 0.380. The molecule has 2 rings (SSSR count). The highest BCUT2D eigenvalue weighted by atomic mass is 16.3. The van der Waals surface area contributed by atoms with Gasteiger partial charge in [0.2, 0.25) is 5.91 Å². The third-order valence-corrected chi connectivity index (χ3v) is 2.84. The zero-order valence-electron chi connectivity index (χ0n) is 7.20. The van der Waals surface area contributed by atoms with E-state index in [1.54, 1.807) is 0 Å². The van der Waals surface area contributed by atoms with Crippen molar-refractivity contribution in [3.63, 3.8) is 0 Å². The number of likely N-dealkylation sites (tertiary alicyclic amines) is 1. The van der Waals surface area contributed by atoms with Crippen molar-refractivity contribution < 1.29 is 9.90 Å². The Balaban J connectivity index is 1.78. The summed E-state index contributed by atoms with van der Waals surface area (Å²) < 4.78 is 0. The van der Waals surface area contributed by atoms with E-state index in [0.717, 1.165) is 19.4 Å². The fraction of sp³-hybridized carbons (Fsp3) is 0.889. The number of rotatable bonds is 3. The number of carbonyl (C=O) groups excluding carboxylic acids is 1. The van der Waals surface area contributed by atoms with Crippen LogP contribution in [-0.4, -0.2) is 35.1 Å². The van der Waals surface area contributed by atoms with Crippen LogP contribution in [-0.2, 0) is 4.79 Å². The largest absolute Gasteiger partial charge is 0.394 e. The molecule has 0 aromatic heterocycles. The number of aliphatic hydroxyl groups is 1. The van der Waals surface area contributed by atoms with E-state index in [1.165, 1.54) is 12.8 Å². The molecule has 3 nitrogen and oxygen atoms in total. The summed E-state index contributed by atoms with van der Waals surface area (Å²) >= 11 is 0. The number of amides is 1. The first-order valence-corrected chi connectivity index (χ1v) is 4.71. The average molecular weight is 169 g/mol. The summed E-state index contributed by atoms with van der Waals surface area (Å²) in [5, 5.41) is 8.86. The van der Waals surface area contributed by atoms with Gasteiger partial charge in [-0.1, -0.05) is 0 Å². The third-order valence-electron chi connectivity index (χ3n) is 2.84. The van der Waals surface area contributed by atoms with Crippen molar-refractivity contribution in [2.75, 3.05) is 13.2 Å².